The fourth-order valence-corrected chi connectivity index (χ4v) is 4.37. The lowest BCUT2D eigenvalue weighted by Crippen LogP contribution is -2.19. The third-order valence-electron chi connectivity index (χ3n) is 6.30. The van der Waals surface area contributed by atoms with Crippen LogP contribution in [0.1, 0.15) is 76.4 Å². The zero-order chi connectivity index (χ0) is 26.7. The summed E-state index contributed by atoms with van der Waals surface area (Å²) >= 11 is 0. The van der Waals surface area contributed by atoms with E-state index in [2.05, 4.69) is 59.2 Å². The molecule has 3 aromatic rings. The fraction of sp³-hybridized carbons (Fsp3) is 0.483. The zero-order valence-electron chi connectivity index (χ0n) is 23.2. The van der Waals surface area contributed by atoms with Crippen molar-refractivity contribution in [1.82, 2.24) is 10.5 Å². The van der Waals surface area contributed by atoms with Gasteiger partial charge in [-0.15, -0.1) is 12.4 Å². The van der Waals surface area contributed by atoms with E-state index in [4.69, 9.17) is 18.9 Å². The SMILES string of the molecule is CCc1c(O)ccc(OCCc2coc(-c3cc(C(C)(C)C)c(OC)c(C(C)(C)C)c3)n2)c1CNO.Cl. The Morgan fingerprint density at radius 2 is 1.62 bits per heavy atom. The van der Waals surface area contributed by atoms with E-state index in [0.717, 1.165) is 39.3 Å². The van der Waals surface area contributed by atoms with Gasteiger partial charge in [0.25, 0.3) is 0 Å². The van der Waals surface area contributed by atoms with Gasteiger partial charge in [-0.05, 0) is 41.5 Å². The molecule has 204 valence electrons. The number of hydroxylamine groups is 1. The molecule has 0 aliphatic heterocycles. The van der Waals surface area contributed by atoms with Crippen molar-refractivity contribution in [3.63, 3.8) is 0 Å². The van der Waals surface area contributed by atoms with Crippen molar-refractivity contribution < 1.29 is 24.2 Å². The Morgan fingerprint density at radius 3 is 2.14 bits per heavy atom. The highest BCUT2D eigenvalue weighted by Crippen LogP contribution is 2.42. The zero-order valence-corrected chi connectivity index (χ0v) is 24.0. The average Bonchev–Trinajstić information content (AvgIpc) is 3.27. The standard InChI is InChI=1S/C29H40N2O5.ClH/c1-9-20-21(16-30-33)25(11-10-24(20)32)35-13-12-19-17-36-27(31-19)18-14-22(28(2,3)4)26(34-8)23(15-18)29(5,6)7;/h10-11,14-15,17,30,32-33H,9,12-13,16H2,1-8H3;1H. The molecule has 3 rings (SSSR count). The van der Waals surface area contributed by atoms with Crippen molar-refractivity contribution in [2.24, 2.45) is 0 Å². The summed E-state index contributed by atoms with van der Waals surface area (Å²) in [5.41, 5.74) is 7.34. The van der Waals surface area contributed by atoms with Crippen LogP contribution >= 0.6 is 12.4 Å². The first-order chi connectivity index (χ1) is 16.9. The molecule has 37 heavy (non-hydrogen) atoms. The van der Waals surface area contributed by atoms with Gasteiger partial charge in [-0.2, -0.15) is 0 Å². The largest absolute Gasteiger partial charge is 0.508 e. The summed E-state index contributed by atoms with van der Waals surface area (Å²) in [6.07, 6.45) is 2.84. The summed E-state index contributed by atoms with van der Waals surface area (Å²) in [6, 6.07) is 7.55. The van der Waals surface area contributed by atoms with Crippen molar-refractivity contribution in [2.75, 3.05) is 13.7 Å². The summed E-state index contributed by atoms with van der Waals surface area (Å²) in [6.45, 7) is 15.6. The topological polar surface area (TPSA) is 97.0 Å². The Balaban J connectivity index is 0.00000481. The maximum Gasteiger partial charge on any atom is 0.226 e. The fourth-order valence-electron chi connectivity index (χ4n) is 4.37. The molecule has 0 unspecified atom stereocenters. The molecule has 0 fully saturated rings. The molecule has 0 aliphatic rings. The van der Waals surface area contributed by atoms with Crippen LogP contribution in [0.5, 0.6) is 17.2 Å². The molecule has 0 saturated heterocycles. The molecular weight excluding hydrogens is 492 g/mol. The van der Waals surface area contributed by atoms with Crippen LogP contribution in [0.2, 0.25) is 0 Å². The molecule has 7 nitrogen and oxygen atoms in total. The molecule has 0 amide bonds. The van der Waals surface area contributed by atoms with Crippen LogP contribution in [-0.4, -0.2) is 29.0 Å². The number of phenolic OH excluding ortho intramolecular Hbond substituents is 1. The Labute approximate surface area is 226 Å². The van der Waals surface area contributed by atoms with Crippen LogP contribution in [0.25, 0.3) is 11.5 Å². The smallest absolute Gasteiger partial charge is 0.226 e. The molecule has 0 saturated carbocycles. The molecule has 3 N–H and O–H groups in total. The highest BCUT2D eigenvalue weighted by molar-refractivity contribution is 5.85. The van der Waals surface area contributed by atoms with Crippen molar-refractivity contribution >= 4 is 12.4 Å². The quantitative estimate of drug-likeness (QED) is 0.263. The number of ether oxygens (including phenoxy) is 2. The number of hydrogen-bond acceptors (Lipinski definition) is 7. The van der Waals surface area contributed by atoms with E-state index in [1.165, 1.54) is 0 Å². The number of nitrogens with zero attached hydrogens (tertiary/aromatic N) is 1. The van der Waals surface area contributed by atoms with Crippen LogP contribution < -0.4 is 15.0 Å². The number of nitrogens with one attached hydrogen (secondary N) is 1. The lowest BCUT2D eigenvalue weighted by atomic mass is 9.78. The second-order valence-electron chi connectivity index (χ2n) is 11.1. The summed E-state index contributed by atoms with van der Waals surface area (Å²) < 4.78 is 17.8. The van der Waals surface area contributed by atoms with Gasteiger partial charge in [0.15, 0.2) is 0 Å². The number of aromatic nitrogens is 1. The molecule has 0 spiro atoms. The van der Waals surface area contributed by atoms with Crippen LogP contribution in [-0.2, 0) is 30.2 Å². The lowest BCUT2D eigenvalue weighted by Gasteiger charge is -2.29. The minimum absolute atomic E-state index is 0. The number of rotatable bonds is 9. The summed E-state index contributed by atoms with van der Waals surface area (Å²) in [5, 5.41) is 19.4. The van der Waals surface area contributed by atoms with Gasteiger partial charge in [0.2, 0.25) is 5.89 Å². The van der Waals surface area contributed by atoms with Gasteiger partial charge in [0.1, 0.15) is 23.5 Å². The molecule has 8 heteroatoms. The molecule has 0 atom stereocenters. The maximum atomic E-state index is 10.1. The lowest BCUT2D eigenvalue weighted by molar-refractivity contribution is 0.159. The predicted molar refractivity (Wildman–Crippen MR) is 148 cm³/mol. The van der Waals surface area contributed by atoms with E-state index >= 15 is 0 Å². The molecule has 0 bridgehead atoms. The average molecular weight is 533 g/mol. The monoisotopic (exact) mass is 532 g/mol. The van der Waals surface area contributed by atoms with Gasteiger partial charge in [-0.1, -0.05) is 48.5 Å². The number of methoxy groups -OCH3 is 1. The Kier molecular flexibility index (Phi) is 10.1. The number of oxazole rings is 1. The van der Waals surface area contributed by atoms with Crippen molar-refractivity contribution in [1.29, 1.82) is 0 Å². The number of benzene rings is 2. The molecule has 1 heterocycles. The number of aromatic hydroxyl groups is 1. The predicted octanol–water partition coefficient (Wildman–Crippen LogP) is 6.74. The van der Waals surface area contributed by atoms with Gasteiger partial charge in [0.05, 0.1) is 19.4 Å². The first-order valence-corrected chi connectivity index (χ1v) is 12.4. The first-order valence-electron chi connectivity index (χ1n) is 12.4. The second-order valence-corrected chi connectivity index (χ2v) is 11.1. The van der Waals surface area contributed by atoms with Crippen molar-refractivity contribution in [3.8, 4) is 28.7 Å². The molecule has 2 aromatic carbocycles. The highest BCUT2D eigenvalue weighted by Gasteiger charge is 2.28. The van der Waals surface area contributed by atoms with Crippen LogP contribution in [0.3, 0.4) is 0 Å². The van der Waals surface area contributed by atoms with E-state index in [1.54, 1.807) is 25.5 Å². The Hall–Kier alpha value is -2.74. The Bertz CT molecular complexity index is 1160. The summed E-state index contributed by atoms with van der Waals surface area (Å²) in [5.74, 6) is 2.29. The molecule has 1 aromatic heterocycles. The van der Waals surface area contributed by atoms with Gasteiger partial charge >= 0.3 is 0 Å². The van der Waals surface area contributed by atoms with Crippen molar-refractivity contribution in [3.05, 3.63) is 58.5 Å². The molecule has 0 aliphatic carbocycles. The van der Waals surface area contributed by atoms with E-state index in [-0.39, 0.29) is 35.5 Å². The number of phenols is 1. The van der Waals surface area contributed by atoms with E-state index in [0.29, 0.717) is 31.1 Å². The Morgan fingerprint density at radius 1 is 1.00 bits per heavy atom. The highest BCUT2D eigenvalue weighted by atomic mass is 35.5. The first kappa shape index (κ1) is 30.5. The minimum Gasteiger partial charge on any atom is -0.508 e. The normalized spacial score (nSPS) is 11.8. The van der Waals surface area contributed by atoms with Crippen LogP contribution in [0, 0.1) is 0 Å². The third-order valence-corrected chi connectivity index (χ3v) is 6.30. The van der Waals surface area contributed by atoms with E-state index < -0.39 is 0 Å². The molecule has 0 radical (unpaired) electrons. The van der Waals surface area contributed by atoms with Crippen molar-refractivity contribution in [2.45, 2.75) is 78.7 Å². The van der Waals surface area contributed by atoms with Gasteiger partial charge in [-0.25, -0.2) is 10.5 Å². The summed E-state index contributed by atoms with van der Waals surface area (Å²) in [4.78, 5) is 4.74. The number of hydrogen-bond donors (Lipinski definition) is 3. The third kappa shape index (κ3) is 6.98. The van der Waals surface area contributed by atoms with Crippen LogP contribution in [0.4, 0.5) is 0 Å². The van der Waals surface area contributed by atoms with Crippen LogP contribution in [0.15, 0.2) is 34.9 Å². The molecular formula is C29H41ClN2O5. The number of halogens is 1. The van der Waals surface area contributed by atoms with Gasteiger partial charge < -0.3 is 24.2 Å². The summed E-state index contributed by atoms with van der Waals surface area (Å²) in [7, 11) is 1.72. The second kappa shape index (κ2) is 12.2. The van der Waals surface area contributed by atoms with Gasteiger partial charge in [0, 0.05) is 40.8 Å². The minimum atomic E-state index is -0.118. The van der Waals surface area contributed by atoms with E-state index in [9.17, 15) is 10.3 Å². The maximum absolute atomic E-state index is 10.1. The van der Waals surface area contributed by atoms with E-state index in [1.807, 2.05) is 6.92 Å². The van der Waals surface area contributed by atoms with Gasteiger partial charge in [-0.3, -0.25) is 0 Å².